The van der Waals surface area contributed by atoms with E-state index in [0.717, 1.165) is 6.07 Å². The summed E-state index contributed by atoms with van der Waals surface area (Å²) in [5.74, 6) is 0. The van der Waals surface area contributed by atoms with Crippen LogP contribution in [0.15, 0.2) is 10.5 Å². The van der Waals surface area contributed by atoms with Crippen LogP contribution in [-0.2, 0) is 6.18 Å². The van der Waals surface area contributed by atoms with Crippen molar-refractivity contribution in [3.05, 3.63) is 21.9 Å². The largest absolute Gasteiger partial charge is 0.433 e. The molecular formula is C8H8BrF3N2. The van der Waals surface area contributed by atoms with Gasteiger partial charge in [-0.1, -0.05) is 0 Å². The van der Waals surface area contributed by atoms with Crippen LogP contribution in [0.4, 0.5) is 18.9 Å². The highest BCUT2D eigenvalue weighted by molar-refractivity contribution is 9.10. The number of pyridine rings is 1. The highest BCUT2D eigenvalue weighted by Gasteiger charge is 2.33. The third kappa shape index (κ3) is 2.17. The highest BCUT2D eigenvalue weighted by atomic mass is 79.9. The molecule has 0 saturated heterocycles. The van der Waals surface area contributed by atoms with Crippen LogP contribution in [0.25, 0.3) is 0 Å². The number of aromatic nitrogens is 1. The van der Waals surface area contributed by atoms with E-state index in [-0.39, 0.29) is 0 Å². The first-order valence-electron chi connectivity index (χ1n) is 3.78. The van der Waals surface area contributed by atoms with E-state index in [9.17, 15) is 13.2 Å². The van der Waals surface area contributed by atoms with E-state index in [4.69, 9.17) is 0 Å². The number of nitrogens with zero attached hydrogens (tertiary/aromatic N) is 1. The molecule has 0 saturated carbocycles. The maximum absolute atomic E-state index is 12.3. The lowest BCUT2D eigenvalue weighted by Gasteiger charge is -2.11. The van der Waals surface area contributed by atoms with Crippen LogP contribution in [0.5, 0.6) is 0 Å². The topological polar surface area (TPSA) is 24.9 Å². The summed E-state index contributed by atoms with van der Waals surface area (Å²) in [6.45, 7) is 1.52. The second-order valence-electron chi connectivity index (χ2n) is 2.70. The van der Waals surface area contributed by atoms with Crippen LogP contribution in [0.1, 0.15) is 11.4 Å². The van der Waals surface area contributed by atoms with Gasteiger partial charge in [-0.2, -0.15) is 13.2 Å². The van der Waals surface area contributed by atoms with Crippen molar-refractivity contribution >= 4 is 21.6 Å². The molecule has 0 atom stereocenters. The summed E-state index contributed by atoms with van der Waals surface area (Å²) in [6, 6.07) is 0.957. The normalized spacial score (nSPS) is 11.6. The molecule has 1 rings (SSSR count). The summed E-state index contributed by atoms with van der Waals surface area (Å²) in [5, 5.41) is 2.77. The molecule has 6 heteroatoms. The van der Waals surface area contributed by atoms with Gasteiger partial charge in [-0.15, -0.1) is 0 Å². The monoisotopic (exact) mass is 268 g/mol. The predicted molar refractivity (Wildman–Crippen MR) is 51.2 cm³/mol. The van der Waals surface area contributed by atoms with Crippen LogP contribution in [0.2, 0.25) is 0 Å². The number of rotatable bonds is 1. The molecule has 1 aromatic heterocycles. The number of halogens is 4. The summed E-state index contributed by atoms with van der Waals surface area (Å²) in [7, 11) is 1.63. The minimum absolute atomic E-state index is 0.314. The molecule has 0 aliphatic carbocycles. The molecule has 0 aliphatic heterocycles. The lowest BCUT2D eigenvalue weighted by molar-refractivity contribution is -0.141. The van der Waals surface area contributed by atoms with Gasteiger partial charge in [0.25, 0.3) is 0 Å². The van der Waals surface area contributed by atoms with E-state index in [2.05, 4.69) is 26.2 Å². The standard InChI is InChI=1S/C8H8BrF3N2/c1-4-7(13-2)5(9)3-6(14-4)8(10,11)12/h3,13H,1-2H3. The summed E-state index contributed by atoms with van der Waals surface area (Å²) >= 11 is 3.05. The molecule has 0 unspecified atom stereocenters. The van der Waals surface area contributed by atoms with Crippen molar-refractivity contribution in [2.24, 2.45) is 0 Å². The van der Waals surface area contributed by atoms with Gasteiger partial charge >= 0.3 is 6.18 Å². The first kappa shape index (κ1) is 11.3. The molecule has 0 fully saturated rings. The first-order chi connectivity index (χ1) is 6.36. The summed E-state index contributed by atoms with van der Waals surface area (Å²) in [5.41, 5.74) is -0.00641. The Bertz CT molecular complexity index is 326. The quantitative estimate of drug-likeness (QED) is 0.846. The van der Waals surface area contributed by atoms with Gasteiger partial charge in [-0.05, 0) is 28.9 Å². The fraction of sp³-hybridized carbons (Fsp3) is 0.375. The van der Waals surface area contributed by atoms with E-state index in [1.807, 2.05) is 0 Å². The molecular weight excluding hydrogens is 261 g/mol. The third-order valence-corrected chi connectivity index (χ3v) is 2.32. The van der Waals surface area contributed by atoms with Gasteiger partial charge in [0.05, 0.1) is 11.4 Å². The second-order valence-corrected chi connectivity index (χ2v) is 3.55. The van der Waals surface area contributed by atoms with E-state index in [0.29, 0.717) is 15.9 Å². The molecule has 0 aromatic carbocycles. The smallest absolute Gasteiger partial charge is 0.386 e. The predicted octanol–water partition coefficient (Wildman–Crippen LogP) is 3.21. The minimum Gasteiger partial charge on any atom is -0.386 e. The van der Waals surface area contributed by atoms with Gasteiger partial charge < -0.3 is 5.32 Å². The minimum atomic E-state index is -4.40. The lowest BCUT2D eigenvalue weighted by Crippen LogP contribution is -2.10. The van der Waals surface area contributed by atoms with E-state index in [1.54, 1.807) is 7.05 Å². The van der Waals surface area contributed by atoms with Crippen molar-refractivity contribution in [1.29, 1.82) is 0 Å². The fourth-order valence-corrected chi connectivity index (χ4v) is 1.78. The number of hydrogen-bond acceptors (Lipinski definition) is 2. The van der Waals surface area contributed by atoms with Gasteiger partial charge in [0.15, 0.2) is 0 Å². The Morgan fingerprint density at radius 2 is 2.00 bits per heavy atom. The van der Waals surface area contributed by atoms with Crippen LogP contribution < -0.4 is 5.32 Å². The Kier molecular flexibility index (Phi) is 3.04. The van der Waals surface area contributed by atoms with Crippen LogP contribution in [0, 0.1) is 6.92 Å². The molecule has 14 heavy (non-hydrogen) atoms. The van der Waals surface area contributed by atoms with E-state index in [1.165, 1.54) is 6.92 Å². The Morgan fingerprint density at radius 3 is 2.36 bits per heavy atom. The van der Waals surface area contributed by atoms with Gasteiger partial charge in [-0.3, -0.25) is 0 Å². The Morgan fingerprint density at radius 1 is 1.43 bits per heavy atom. The SMILES string of the molecule is CNc1c(Br)cc(C(F)(F)F)nc1C. The molecule has 0 amide bonds. The lowest BCUT2D eigenvalue weighted by atomic mass is 10.2. The Balaban J connectivity index is 3.28. The summed E-state index contributed by atoms with van der Waals surface area (Å²) < 4.78 is 37.2. The van der Waals surface area contributed by atoms with Crippen molar-refractivity contribution in [3.8, 4) is 0 Å². The van der Waals surface area contributed by atoms with Crippen LogP contribution in [0.3, 0.4) is 0 Å². The Labute approximate surface area is 87.7 Å². The zero-order valence-corrected chi connectivity index (χ0v) is 9.12. The maximum atomic E-state index is 12.3. The average Bonchev–Trinajstić information content (AvgIpc) is 2.01. The molecule has 0 spiro atoms. The fourth-order valence-electron chi connectivity index (χ4n) is 1.08. The number of hydrogen-bond donors (Lipinski definition) is 1. The molecule has 78 valence electrons. The molecule has 0 bridgehead atoms. The number of anilines is 1. The molecule has 1 aromatic rings. The zero-order valence-electron chi connectivity index (χ0n) is 7.54. The third-order valence-electron chi connectivity index (χ3n) is 1.69. The second kappa shape index (κ2) is 3.76. The van der Waals surface area contributed by atoms with Gasteiger partial charge in [-0.25, -0.2) is 4.98 Å². The maximum Gasteiger partial charge on any atom is 0.433 e. The van der Waals surface area contributed by atoms with Crippen molar-refractivity contribution in [2.75, 3.05) is 12.4 Å². The average molecular weight is 269 g/mol. The van der Waals surface area contributed by atoms with Crippen LogP contribution >= 0.6 is 15.9 Å². The summed E-state index contributed by atoms with van der Waals surface area (Å²) in [6.07, 6.45) is -4.40. The molecule has 1 N–H and O–H groups in total. The highest BCUT2D eigenvalue weighted by Crippen LogP contribution is 2.33. The number of nitrogens with one attached hydrogen (secondary N) is 1. The van der Waals surface area contributed by atoms with E-state index >= 15 is 0 Å². The first-order valence-corrected chi connectivity index (χ1v) is 4.57. The van der Waals surface area contributed by atoms with E-state index < -0.39 is 11.9 Å². The molecule has 0 aliphatic rings. The summed E-state index contributed by atoms with van der Waals surface area (Å²) in [4.78, 5) is 3.46. The Hall–Kier alpha value is -0.780. The van der Waals surface area contributed by atoms with Gasteiger partial charge in [0.2, 0.25) is 0 Å². The van der Waals surface area contributed by atoms with Crippen molar-refractivity contribution in [3.63, 3.8) is 0 Å². The molecule has 2 nitrogen and oxygen atoms in total. The zero-order chi connectivity index (χ0) is 10.9. The van der Waals surface area contributed by atoms with Crippen LogP contribution in [-0.4, -0.2) is 12.0 Å². The number of alkyl halides is 3. The van der Waals surface area contributed by atoms with Gasteiger partial charge in [0, 0.05) is 11.5 Å². The van der Waals surface area contributed by atoms with Crippen molar-refractivity contribution < 1.29 is 13.2 Å². The van der Waals surface area contributed by atoms with Crippen molar-refractivity contribution in [1.82, 2.24) is 4.98 Å². The number of aryl methyl sites for hydroxylation is 1. The molecule has 0 radical (unpaired) electrons. The molecule has 1 heterocycles. The van der Waals surface area contributed by atoms with Crippen molar-refractivity contribution in [2.45, 2.75) is 13.1 Å². The van der Waals surface area contributed by atoms with Gasteiger partial charge in [0.1, 0.15) is 5.69 Å².